The van der Waals surface area contributed by atoms with Crippen LogP contribution in [0.15, 0.2) is 17.0 Å². The van der Waals surface area contributed by atoms with Crippen molar-refractivity contribution in [2.75, 3.05) is 0 Å². The summed E-state index contributed by atoms with van der Waals surface area (Å²) in [7, 11) is -4.03. The molecule has 1 aliphatic rings. The lowest BCUT2D eigenvalue weighted by Crippen LogP contribution is -2.35. The van der Waals surface area contributed by atoms with Crippen LogP contribution in [0.5, 0.6) is 0 Å². The summed E-state index contributed by atoms with van der Waals surface area (Å²) in [6.07, 6.45) is 1.57. The fraction of sp³-hybridized carbons (Fsp3) is 0.417. The molecule has 2 rings (SSSR count). The van der Waals surface area contributed by atoms with Gasteiger partial charge in [0.05, 0.1) is 20.9 Å². The highest BCUT2D eigenvalue weighted by Crippen LogP contribution is 2.34. The topological polar surface area (TPSA) is 113 Å². The summed E-state index contributed by atoms with van der Waals surface area (Å²) in [6, 6.07) is 3.17. The summed E-state index contributed by atoms with van der Waals surface area (Å²) in [6.45, 7) is 1.44. The van der Waals surface area contributed by atoms with Crippen molar-refractivity contribution in [1.82, 2.24) is 4.72 Å². The highest BCUT2D eigenvalue weighted by molar-refractivity contribution is 7.89. The molecule has 21 heavy (non-hydrogen) atoms. The molecule has 7 nitrogen and oxygen atoms in total. The normalized spacial score (nSPS) is 16.2. The molecule has 1 N–H and O–H groups in total. The second-order valence-corrected chi connectivity index (χ2v) is 6.99. The van der Waals surface area contributed by atoms with Gasteiger partial charge < -0.3 is 0 Å². The Morgan fingerprint density at radius 2 is 2.14 bits per heavy atom. The fourth-order valence-electron chi connectivity index (χ4n) is 1.88. The van der Waals surface area contributed by atoms with Crippen LogP contribution in [0.1, 0.15) is 18.4 Å². The third-order valence-electron chi connectivity index (χ3n) is 3.31. The van der Waals surface area contributed by atoms with Gasteiger partial charge in [-0.3, -0.25) is 10.1 Å². The number of hydrogen-bond donors (Lipinski definition) is 1. The van der Waals surface area contributed by atoms with E-state index < -0.39 is 21.0 Å². The maximum Gasteiger partial charge on any atom is 0.275 e. The molecule has 0 amide bonds. The fourth-order valence-corrected chi connectivity index (χ4v) is 3.41. The standard InChI is InChI=1S/C12H12ClN3O4S/c1-7-10(13)4-9(5-12(7)16(17)18)21(19,20)15-11(6-14)8-2-3-8/h4-5,8,11,15H,2-3H2,1H3. The molecule has 1 atom stereocenters. The monoisotopic (exact) mass is 329 g/mol. The molecule has 0 spiro atoms. The Bertz CT molecular complexity index is 738. The highest BCUT2D eigenvalue weighted by atomic mass is 35.5. The van der Waals surface area contributed by atoms with Gasteiger partial charge in [-0.1, -0.05) is 11.6 Å². The van der Waals surface area contributed by atoms with E-state index in [0.717, 1.165) is 25.0 Å². The molecule has 1 unspecified atom stereocenters. The van der Waals surface area contributed by atoms with Crippen LogP contribution in [-0.2, 0) is 10.0 Å². The molecule has 0 saturated heterocycles. The number of nitrogens with one attached hydrogen (secondary N) is 1. The van der Waals surface area contributed by atoms with Crippen molar-refractivity contribution >= 4 is 27.3 Å². The van der Waals surface area contributed by atoms with Crippen molar-refractivity contribution in [3.63, 3.8) is 0 Å². The van der Waals surface area contributed by atoms with Crippen molar-refractivity contribution in [1.29, 1.82) is 5.26 Å². The van der Waals surface area contributed by atoms with Crippen LogP contribution in [-0.4, -0.2) is 19.4 Å². The minimum Gasteiger partial charge on any atom is -0.258 e. The van der Waals surface area contributed by atoms with Crippen molar-refractivity contribution < 1.29 is 13.3 Å². The van der Waals surface area contributed by atoms with Gasteiger partial charge in [0.25, 0.3) is 5.69 Å². The van der Waals surface area contributed by atoms with E-state index in [-0.39, 0.29) is 27.1 Å². The van der Waals surface area contributed by atoms with E-state index in [1.165, 1.54) is 6.92 Å². The molecule has 9 heteroatoms. The Morgan fingerprint density at radius 1 is 1.52 bits per heavy atom. The predicted octanol–water partition coefficient (Wildman–Crippen LogP) is 2.14. The quantitative estimate of drug-likeness (QED) is 0.656. The SMILES string of the molecule is Cc1c(Cl)cc(S(=O)(=O)NC(C#N)C2CC2)cc1[N+](=O)[O-]. The summed E-state index contributed by atoms with van der Waals surface area (Å²) in [5.41, 5.74) is -0.178. The van der Waals surface area contributed by atoms with Crippen LogP contribution >= 0.6 is 11.6 Å². The van der Waals surface area contributed by atoms with E-state index in [0.29, 0.717) is 0 Å². The summed E-state index contributed by atoms with van der Waals surface area (Å²) >= 11 is 5.85. The minimum atomic E-state index is -4.03. The molecule has 0 heterocycles. The summed E-state index contributed by atoms with van der Waals surface area (Å²) < 4.78 is 26.7. The zero-order chi connectivity index (χ0) is 15.8. The van der Waals surface area contributed by atoms with Crippen molar-refractivity contribution in [2.24, 2.45) is 5.92 Å². The predicted molar refractivity (Wildman–Crippen MR) is 75.3 cm³/mol. The lowest BCUT2D eigenvalue weighted by Gasteiger charge is -2.12. The number of nitriles is 1. The first kappa shape index (κ1) is 15.7. The van der Waals surface area contributed by atoms with Gasteiger partial charge in [0.1, 0.15) is 6.04 Å². The molecule has 0 radical (unpaired) electrons. The van der Waals surface area contributed by atoms with Gasteiger partial charge in [-0.05, 0) is 31.7 Å². The smallest absolute Gasteiger partial charge is 0.258 e. The van der Waals surface area contributed by atoms with Crippen LogP contribution < -0.4 is 4.72 Å². The average molecular weight is 330 g/mol. The highest BCUT2D eigenvalue weighted by Gasteiger charge is 2.35. The van der Waals surface area contributed by atoms with E-state index >= 15 is 0 Å². The van der Waals surface area contributed by atoms with Crippen LogP contribution in [0.25, 0.3) is 0 Å². The Morgan fingerprint density at radius 3 is 2.62 bits per heavy atom. The van der Waals surface area contributed by atoms with Crippen LogP contribution in [0.4, 0.5) is 5.69 Å². The Balaban J connectivity index is 2.40. The van der Waals surface area contributed by atoms with Gasteiger partial charge in [-0.2, -0.15) is 9.98 Å². The van der Waals surface area contributed by atoms with Gasteiger partial charge in [-0.25, -0.2) is 8.42 Å². The maximum atomic E-state index is 12.2. The van der Waals surface area contributed by atoms with Gasteiger partial charge in [0, 0.05) is 11.6 Å². The van der Waals surface area contributed by atoms with Gasteiger partial charge >= 0.3 is 0 Å². The van der Waals surface area contributed by atoms with Crippen molar-refractivity contribution in [3.05, 3.63) is 32.8 Å². The van der Waals surface area contributed by atoms with Gasteiger partial charge in [-0.15, -0.1) is 0 Å². The lowest BCUT2D eigenvalue weighted by atomic mass is 10.2. The Kier molecular flexibility index (Phi) is 4.18. The van der Waals surface area contributed by atoms with Crippen LogP contribution in [0.2, 0.25) is 5.02 Å². The first-order valence-electron chi connectivity index (χ1n) is 6.12. The number of nitro benzene ring substituents is 1. The second-order valence-electron chi connectivity index (χ2n) is 4.87. The molecule has 0 aliphatic heterocycles. The van der Waals surface area contributed by atoms with E-state index in [2.05, 4.69) is 4.72 Å². The molecule has 1 fully saturated rings. The van der Waals surface area contributed by atoms with Crippen LogP contribution in [0, 0.1) is 34.3 Å². The molecule has 1 aliphatic carbocycles. The average Bonchev–Trinajstić information content (AvgIpc) is 3.22. The number of nitro groups is 1. The number of sulfonamides is 1. The summed E-state index contributed by atoms with van der Waals surface area (Å²) in [5.74, 6) is 0.000631. The Hall–Kier alpha value is -1.69. The second kappa shape index (κ2) is 5.60. The summed E-state index contributed by atoms with van der Waals surface area (Å²) in [5, 5.41) is 19.9. The van der Waals surface area contributed by atoms with Crippen molar-refractivity contribution in [3.8, 4) is 6.07 Å². The summed E-state index contributed by atoms with van der Waals surface area (Å²) in [4.78, 5) is 9.92. The molecule has 0 aromatic heterocycles. The zero-order valence-corrected chi connectivity index (χ0v) is 12.6. The third kappa shape index (κ3) is 3.32. The van der Waals surface area contributed by atoms with E-state index in [1.54, 1.807) is 0 Å². The molecular formula is C12H12ClN3O4S. The van der Waals surface area contributed by atoms with E-state index in [4.69, 9.17) is 16.9 Å². The zero-order valence-electron chi connectivity index (χ0n) is 11.0. The number of halogens is 1. The molecule has 0 bridgehead atoms. The first-order valence-corrected chi connectivity index (χ1v) is 7.99. The maximum absolute atomic E-state index is 12.2. The number of rotatable bonds is 5. The largest absolute Gasteiger partial charge is 0.275 e. The number of benzene rings is 1. The van der Waals surface area contributed by atoms with Gasteiger partial charge in [0.2, 0.25) is 10.0 Å². The van der Waals surface area contributed by atoms with Crippen molar-refractivity contribution in [2.45, 2.75) is 30.7 Å². The van der Waals surface area contributed by atoms with Crippen LogP contribution in [0.3, 0.4) is 0 Å². The van der Waals surface area contributed by atoms with Gasteiger partial charge in [0.15, 0.2) is 0 Å². The molecule has 1 aromatic carbocycles. The molecule has 1 aromatic rings. The van der Waals surface area contributed by atoms with E-state index in [9.17, 15) is 18.5 Å². The molecular weight excluding hydrogens is 318 g/mol. The Labute approximate surface area is 126 Å². The number of hydrogen-bond acceptors (Lipinski definition) is 5. The molecule has 112 valence electrons. The third-order valence-corrected chi connectivity index (χ3v) is 5.13. The van der Waals surface area contributed by atoms with E-state index in [1.807, 2.05) is 6.07 Å². The molecule has 1 saturated carbocycles. The first-order chi connectivity index (χ1) is 9.76. The lowest BCUT2D eigenvalue weighted by molar-refractivity contribution is -0.385. The minimum absolute atomic E-state index is 0.000631. The number of nitrogens with zero attached hydrogens (tertiary/aromatic N) is 2.